The van der Waals surface area contributed by atoms with E-state index in [4.69, 9.17) is 0 Å². The highest BCUT2D eigenvalue weighted by molar-refractivity contribution is 7.89. The number of hydrogen-bond acceptors (Lipinski definition) is 4. The van der Waals surface area contributed by atoms with Crippen molar-refractivity contribution in [2.24, 2.45) is 0 Å². The van der Waals surface area contributed by atoms with Crippen molar-refractivity contribution in [2.75, 3.05) is 19.3 Å². The topological polar surface area (TPSA) is 70.5 Å². The Balaban J connectivity index is 2.60. The second kappa shape index (κ2) is 5.77. The molecule has 0 bridgehead atoms. The van der Waals surface area contributed by atoms with Gasteiger partial charge in [-0.1, -0.05) is 0 Å². The molecular formula is C12H20N2O3S. The Labute approximate surface area is 109 Å². The van der Waals surface area contributed by atoms with Crippen LogP contribution >= 0.6 is 0 Å². The van der Waals surface area contributed by atoms with E-state index in [1.54, 1.807) is 38.4 Å². The number of likely N-dealkylation sites (N-methyl/N-ethyl adjacent to an activating group) is 1. The molecule has 1 aromatic heterocycles. The van der Waals surface area contributed by atoms with Crippen LogP contribution in [-0.2, 0) is 16.4 Å². The molecule has 1 N–H and O–H groups in total. The first-order valence-electron chi connectivity index (χ1n) is 5.76. The minimum absolute atomic E-state index is 0.0313. The number of aromatic nitrogens is 1. The van der Waals surface area contributed by atoms with E-state index in [-0.39, 0.29) is 12.3 Å². The fourth-order valence-corrected chi connectivity index (χ4v) is 2.91. The Bertz CT molecular complexity index is 466. The molecule has 0 unspecified atom stereocenters. The minimum atomic E-state index is -3.34. The molecule has 0 saturated heterocycles. The van der Waals surface area contributed by atoms with E-state index in [0.717, 1.165) is 5.56 Å². The molecule has 0 spiro atoms. The van der Waals surface area contributed by atoms with Crippen LogP contribution < -0.4 is 0 Å². The van der Waals surface area contributed by atoms with Gasteiger partial charge in [0, 0.05) is 26.0 Å². The second-order valence-corrected chi connectivity index (χ2v) is 7.19. The smallest absolute Gasteiger partial charge is 0.214 e. The maximum absolute atomic E-state index is 12.0. The lowest BCUT2D eigenvalue weighted by molar-refractivity contribution is 0.0640. The standard InChI is InChI=1S/C12H20N2O3S/c1-12(2,15)10-14(3)18(16,17)9-6-11-4-7-13-8-5-11/h4-5,7-8,15H,6,9-10H2,1-3H3. The van der Waals surface area contributed by atoms with Crippen LogP contribution in [0, 0.1) is 0 Å². The molecular weight excluding hydrogens is 252 g/mol. The highest BCUT2D eigenvalue weighted by Gasteiger charge is 2.24. The summed E-state index contributed by atoms with van der Waals surface area (Å²) in [4.78, 5) is 3.88. The highest BCUT2D eigenvalue weighted by atomic mass is 32.2. The number of pyridine rings is 1. The summed E-state index contributed by atoms with van der Waals surface area (Å²) in [5.41, 5.74) is -0.0939. The second-order valence-electron chi connectivity index (χ2n) is 4.99. The van der Waals surface area contributed by atoms with Gasteiger partial charge in [0.25, 0.3) is 0 Å². The molecule has 0 amide bonds. The lowest BCUT2D eigenvalue weighted by Gasteiger charge is -2.25. The number of rotatable bonds is 6. The van der Waals surface area contributed by atoms with Crippen molar-refractivity contribution >= 4 is 10.0 Å². The third-order valence-electron chi connectivity index (χ3n) is 2.48. The molecule has 0 fully saturated rings. The van der Waals surface area contributed by atoms with Gasteiger partial charge in [-0.15, -0.1) is 0 Å². The molecule has 0 atom stereocenters. The first-order valence-corrected chi connectivity index (χ1v) is 7.37. The highest BCUT2D eigenvalue weighted by Crippen LogP contribution is 2.09. The number of sulfonamides is 1. The summed E-state index contributed by atoms with van der Waals surface area (Å²) in [6.45, 7) is 3.26. The minimum Gasteiger partial charge on any atom is -0.389 e. The largest absolute Gasteiger partial charge is 0.389 e. The van der Waals surface area contributed by atoms with Crippen molar-refractivity contribution in [3.63, 3.8) is 0 Å². The lowest BCUT2D eigenvalue weighted by atomic mass is 10.1. The Morgan fingerprint density at radius 3 is 2.39 bits per heavy atom. The molecule has 0 radical (unpaired) electrons. The van der Waals surface area contributed by atoms with Gasteiger partial charge in [0.1, 0.15) is 0 Å². The van der Waals surface area contributed by atoms with E-state index in [2.05, 4.69) is 4.98 Å². The van der Waals surface area contributed by atoms with E-state index < -0.39 is 15.6 Å². The molecule has 0 aliphatic carbocycles. The van der Waals surface area contributed by atoms with Crippen LogP contribution in [-0.4, -0.2) is 47.8 Å². The van der Waals surface area contributed by atoms with Gasteiger partial charge in [-0.2, -0.15) is 0 Å². The van der Waals surface area contributed by atoms with Crippen LogP contribution in [0.2, 0.25) is 0 Å². The molecule has 0 saturated carbocycles. The third kappa shape index (κ3) is 5.12. The van der Waals surface area contributed by atoms with Gasteiger partial charge in [-0.05, 0) is 38.0 Å². The number of aryl methyl sites for hydroxylation is 1. The van der Waals surface area contributed by atoms with Crippen molar-refractivity contribution in [1.82, 2.24) is 9.29 Å². The van der Waals surface area contributed by atoms with E-state index >= 15 is 0 Å². The van der Waals surface area contributed by atoms with Gasteiger partial charge in [-0.3, -0.25) is 4.98 Å². The van der Waals surface area contributed by atoms with Gasteiger partial charge < -0.3 is 5.11 Å². The van der Waals surface area contributed by atoms with Crippen LogP contribution in [0.1, 0.15) is 19.4 Å². The Morgan fingerprint density at radius 2 is 1.89 bits per heavy atom. The summed E-state index contributed by atoms with van der Waals surface area (Å²) in [5, 5.41) is 9.62. The average molecular weight is 272 g/mol. The fourth-order valence-electron chi connectivity index (χ4n) is 1.60. The summed E-state index contributed by atoms with van der Waals surface area (Å²) in [6.07, 6.45) is 3.73. The normalized spacial score (nSPS) is 12.9. The summed E-state index contributed by atoms with van der Waals surface area (Å²) >= 11 is 0. The summed E-state index contributed by atoms with van der Waals surface area (Å²) in [7, 11) is -1.85. The number of aliphatic hydroxyl groups is 1. The fraction of sp³-hybridized carbons (Fsp3) is 0.583. The molecule has 0 aliphatic rings. The molecule has 5 nitrogen and oxygen atoms in total. The van der Waals surface area contributed by atoms with Crippen molar-refractivity contribution in [3.05, 3.63) is 30.1 Å². The van der Waals surface area contributed by atoms with Gasteiger partial charge in [0.15, 0.2) is 0 Å². The van der Waals surface area contributed by atoms with Gasteiger partial charge >= 0.3 is 0 Å². The van der Waals surface area contributed by atoms with Crippen LogP contribution in [0.15, 0.2) is 24.5 Å². The Morgan fingerprint density at radius 1 is 1.33 bits per heavy atom. The predicted molar refractivity (Wildman–Crippen MR) is 70.7 cm³/mol. The number of hydrogen-bond donors (Lipinski definition) is 1. The summed E-state index contributed by atoms with van der Waals surface area (Å²) < 4.78 is 25.2. The predicted octanol–water partition coefficient (Wildman–Crippen LogP) is 0.657. The molecule has 1 rings (SSSR count). The van der Waals surface area contributed by atoms with E-state index in [9.17, 15) is 13.5 Å². The first-order chi connectivity index (χ1) is 8.21. The summed E-state index contributed by atoms with van der Waals surface area (Å²) in [5.74, 6) is 0.0313. The van der Waals surface area contributed by atoms with Crippen molar-refractivity contribution in [2.45, 2.75) is 25.9 Å². The van der Waals surface area contributed by atoms with Crippen LogP contribution in [0.5, 0.6) is 0 Å². The van der Waals surface area contributed by atoms with E-state index in [0.29, 0.717) is 6.42 Å². The molecule has 6 heteroatoms. The zero-order chi connectivity index (χ0) is 13.8. The van der Waals surface area contributed by atoms with Gasteiger partial charge in [0.05, 0.1) is 11.4 Å². The van der Waals surface area contributed by atoms with Crippen LogP contribution in [0.25, 0.3) is 0 Å². The number of nitrogens with zero attached hydrogens (tertiary/aromatic N) is 2. The lowest BCUT2D eigenvalue weighted by Crippen LogP contribution is -2.40. The van der Waals surface area contributed by atoms with Crippen LogP contribution in [0.4, 0.5) is 0 Å². The van der Waals surface area contributed by atoms with Gasteiger partial charge in [0.2, 0.25) is 10.0 Å². The maximum Gasteiger partial charge on any atom is 0.214 e. The van der Waals surface area contributed by atoms with Crippen molar-refractivity contribution in [1.29, 1.82) is 0 Å². The molecule has 1 aromatic rings. The summed E-state index contributed by atoms with van der Waals surface area (Å²) in [6, 6.07) is 3.59. The Hall–Kier alpha value is -0.980. The quantitative estimate of drug-likeness (QED) is 0.825. The zero-order valence-corrected chi connectivity index (χ0v) is 11.8. The zero-order valence-electron chi connectivity index (χ0n) is 11.0. The van der Waals surface area contributed by atoms with Crippen molar-refractivity contribution < 1.29 is 13.5 Å². The SMILES string of the molecule is CN(CC(C)(C)O)S(=O)(=O)CCc1ccncc1. The molecule has 0 aromatic carbocycles. The van der Waals surface area contributed by atoms with E-state index in [1.807, 2.05) is 0 Å². The van der Waals surface area contributed by atoms with E-state index in [1.165, 1.54) is 11.4 Å². The molecule has 1 heterocycles. The Kier molecular flexibility index (Phi) is 4.84. The maximum atomic E-state index is 12.0. The molecule has 102 valence electrons. The average Bonchev–Trinajstić information content (AvgIpc) is 2.26. The van der Waals surface area contributed by atoms with Crippen molar-refractivity contribution in [3.8, 4) is 0 Å². The first kappa shape index (κ1) is 15.1. The molecule has 0 aliphatic heterocycles. The molecule has 18 heavy (non-hydrogen) atoms. The monoisotopic (exact) mass is 272 g/mol. The van der Waals surface area contributed by atoms with Gasteiger partial charge in [-0.25, -0.2) is 12.7 Å². The third-order valence-corrected chi connectivity index (χ3v) is 4.28. The van der Waals surface area contributed by atoms with Crippen LogP contribution in [0.3, 0.4) is 0 Å².